The summed E-state index contributed by atoms with van der Waals surface area (Å²) in [7, 11) is 0. The largest absolute Gasteiger partial charge is 0.342 e. The topological polar surface area (TPSA) is 59.8 Å². The standard InChI is InChI=1S/C14H18N4OS/c1-3-10-6-7-11(20-10)14(19)15-9(2)13-17-16-12-5-4-8-18(12)13/h6-7,9H,3-5,8H2,1-2H3,(H,15,19). The molecule has 3 heterocycles. The van der Waals surface area contributed by atoms with Crippen LogP contribution in [0.4, 0.5) is 0 Å². The van der Waals surface area contributed by atoms with Crippen molar-refractivity contribution < 1.29 is 4.79 Å². The predicted molar refractivity (Wildman–Crippen MR) is 77.9 cm³/mol. The number of amides is 1. The van der Waals surface area contributed by atoms with Crippen LogP contribution in [0.5, 0.6) is 0 Å². The summed E-state index contributed by atoms with van der Waals surface area (Å²) in [4.78, 5) is 14.2. The first-order valence-electron chi connectivity index (χ1n) is 7.00. The molecule has 0 bridgehead atoms. The molecule has 6 heteroatoms. The Balaban J connectivity index is 1.72. The van der Waals surface area contributed by atoms with Crippen molar-refractivity contribution in [1.29, 1.82) is 0 Å². The Kier molecular flexibility index (Phi) is 3.56. The van der Waals surface area contributed by atoms with Crippen molar-refractivity contribution >= 4 is 17.2 Å². The van der Waals surface area contributed by atoms with Gasteiger partial charge >= 0.3 is 0 Å². The van der Waals surface area contributed by atoms with Gasteiger partial charge < -0.3 is 9.88 Å². The molecule has 1 unspecified atom stereocenters. The number of hydrogen-bond donors (Lipinski definition) is 1. The van der Waals surface area contributed by atoms with Crippen molar-refractivity contribution in [3.05, 3.63) is 33.5 Å². The minimum Gasteiger partial charge on any atom is -0.342 e. The molecule has 0 fully saturated rings. The highest BCUT2D eigenvalue weighted by Gasteiger charge is 2.23. The summed E-state index contributed by atoms with van der Waals surface area (Å²) in [5.41, 5.74) is 0. The van der Waals surface area contributed by atoms with Gasteiger partial charge in [-0.1, -0.05) is 6.92 Å². The third kappa shape index (κ3) is 2.35. The van der Waals surface area contributed by atoms with Crippen molar-refractivity contribution in [1.82, 2.24) is 20.1 Å². The maximum Gasteiger partial charge on any atom is 0.261 e. The van der Waals surface area contributed by atoms with Crippen molar-refractivity contribution in [2.45, 2.75) is 45.7 Å². The van der Waals surface area contributed by atoms with E-state index in [4.69, 9.17) is 0 Å². The molecular weight excluding hydrogens is 272 g/mol. The third-order valence-corrected chi connectivity index (χ3v) is 4.84. The van der Waals surface area contributed by atoms with Gasteiger partial charge in [-0.05, 0) is 31.9 Å². The highest BCUT2D eigenvalue weighted by molar-refractivity contribution is 7.14. The lowest BCUT2D eigenvalue weighted by Gasteiger charge is -2.13. The number of nitrogens with zero attached hydrogens (tertiary/aromatic N) is 3. The minimum absolute atomic E-state index is 0.0300. The van der Waals surface area contributed by atoms with Crippen LogP contribution < -0.4 is 5.32 Å². The fourth-order valence-corrected chi connectivity index (χ4v) is 3.37. The fourth-order valence-electron chi connectivity index (χ4n) is 2.52. The molecule has 0 aromatic carbocycles. The van der Waals surface area contributed by atoms with E-state index in [9.17, 15) is 4.79 Å². The summed E-state index contributed by atoms with van der Waals surface area (Å²) in [6.07, 6.45) is 3.06. The van der Waals surface area contributed by atoms with Crippen LogP contribution in [-0.2, 0) is 19.4 Å². The maximum absolute atomic E-state index is 12.2. The number of carbonyl (C=O) groups excluding carboxylic acids is 1. The number of nitrogens with one attached hydrogen (secondary N) is 1. The lowest BCUT2D eigenvalue weighted by Crippen LogP contribution is -2.28. The molecule has 0 radical (unpaired) electrons. The molecule has 1 aliphatic rings. The number of aryl methyl sites for hydroxylation is 2. The quantitative estimate of drug-likeness (QED) is 0.940. The first-order valence-corrected chi connectivity index (χ1v) is 7.82. The molecule has 3 rings (SSSR count). The highest BCUT2D eigenvalue weighted by Crippen LogP contribution is 2.21. The van der Waals surface area contributed by atoms with Gasteiger partial charge in [0.25, 0.3) is 5.91 Å². The van der Waals surface area contributed by atoms with E-state index in [0.717, 1.165) is 42.3 Å². The van der Waals surface area contributed by atoms with Crippen LogP contribution in [0.15, 0.2) is 12.1 Å². The van der Waals surface area contributed by atoms with Crippen LogP contribution in [0, 0.1) is 0 Å². The number of fused-ring (bicyclic) bond motifs is 1. The second-order valence-electron chi connectivity index (χ2n) is 5.04. The molecule has 1 aliphatic heterocycles. The second-order valence-corrected chi connectivity index (χ2v) is 6.21. The van der Waals surface area contributed by atoms with Gasteiger partial charge in [0.15, 0.2) is 5.82 Å². The summed E-state index contributed by atoms with van der Waals surface area (Å²) in [5, 5.41) is 11.4. The average Bonchev–Trinajstić information content (AvgIpc) is 3.14. The van der Waals surface area contributed by atoms with Crippen LogP contribution in [-0.4, -0.2) is 20.7 Å². The van der Waals surface area contributed by atoms with Gasteiger partial charge in [0.1, 0.15) is 5.82 Å². The van der Waals surface area contributed by atoms with E-state index in [1.54, 1.807) is 11.3 Å². The average molecular weight is 290 g/mol. The molecule has 1 N–H and O–H groups in total. The zero-order valence-corrected chi connectivity index (χ0v) is 12.5. The molecule has 5 nitrogen and oxygen atoms in total. The number of thiophene rings is 1. The van der Waals surface area contributed by atoms with Gasteiger partial charge in [0, 0.05) is 17.8 Å². The number of hydrogen-bond acceptors (Lipinski definition) is 4. The van der Waals surface area contributed by atoms with E-state index in [1.165, 1.54) is 4.88 Å². The summed E-state index contributed by atoms with van der Waals surface area (Å²) in [6.45, 7) is 5.01. The second kappa shape index (κ2) is 5.36. The van der Waals surface area contributed by atoms with Crippen LogP contribution in [0.3, 0.4) is 0 Å². The molecule has 20 heavy (non-hydrogen) atoms. The normalized spacial score (nSPS) is 15.1. The van der Waals surface area contributed by atoms with E-state index >= 15 is 0 Å². The zero-order chi connectivity index (χ0) is 14.1. The SMILES string of the molecule is CCc1ccc(C(=O)NC(C)c2nnc3n2CCC3)s1. The molecule has 0 spiro atoms. The number of rotatable bonds is 4. The van der Waals surface area contributed by atoms with E-state index in [2.05, 4.69) is 27.0 Å². The summed E-state index contributed by atoms with van der Waals surface area (Å²) in [5.74, 6) is 1.86. The monoisotopic (exact) mass is 290 g/mol. The van der Waals surface area contributed by atoms with Gasteiger partial charge in [0.05, 0.1) is 10.9 Å². The minimum atomic E-state index is -0.117. The maximum atomic E-state index is 12.2. The first kappa shape index (κ1) is 13.3. The van der Waals surface area contributed by atoms with Gasteiger partial charge in [-0.3, -0.25) is 4.79 Å². The van der Waals surface area contributed by atoms with E-state index < -0.39 is 0 Å². The highest BCUT2D eigenvalue weighted by atomic mass is 32.1. The van der Waals surface area contributed by atoms with Gasteiger partial charge in [-0.2, -0.15) is 0 Å². The van der Waals surface area contributed by atoms with Crippen molar-refractivity contribution in [2.75, 3.05) is 0 Å². The van der Waals surface area contributed by atoms with Gasteiger partial charge in [0.2, 0.25) is 0 Å². The molecule has 1 atom stereocenters. The lowest BCUT2D eigenvalue weighted by molar-refractivity contribution is 0.0941. The Hall–Kier alpha value is -1.69. The van der Waals surface area contributed by atoms with E-state index in [-0.39, 0.29) is 11.9 Å². The van der Waals surface area contributed by atoms with Crippen molar-refractivity contribution in [2.24, 2.45) is 0 Å². The number of carbonyl (C=O) groups is 1. The molecular formula is C14H18N4OS. The molecule has 1 amide bonds. The molecule has 106 valence electrons. The smallest absolute Gasteiger partial charge is 0.261 e. The van der Waals surface area contributed by atoms with Crippen LogP contribution in [0.25, 0.3) is 0 Å². The van der Waals surface area contributed by atoms with Crippen molar-refractivity contribution in [3.63, 3.8) is 0 Å². The molecule has 0 saturated carbocycles. The molecule has 0 aliphatic carbocycles. The van der Waals surface area contributed by atoms with Gasteiger partial charge in [-0.25, -0.2) is 0 Å². The van der Waals surface area contributed by atoms with Crippen molar-refractivity contribution in [3.8, 4) is 0 Å². The Morgan fingerprint density at radius 2 is 2.35 bits per heavy atom. The molecule has 0 saturated heterocycles. The van der Waals surface area contributed by atoms with Gasteiger partial charge in [-0.15, -0.1) is 21.5 Å². The Morgan fingerprint density at radius 3 is 3.10 bits per heavy atom. The van der Waals surface area contributed by atoms with Crippen LogP contribution in [0.2, 0.25) is 0 Å². The summed E-state index contributed by atoms with van der Waals surface area (Å²) in [6, 6.07) is 3.78. The Labute approximate surface area is 122 Å². The predicted octanol–water partition coefficient (Wildman–Crippen LogP) is 2.34. The molecule has 2 aromatic heterocycles. The van der Waals surface area contributed by atoms with Crippen LogP contribution >= 0.6 is 11.3 Å². The first-order chi connectivity index (χ1) is 9.69. The van der Waals surface area contributed by atoms with E-state index in [1.807, 2.05) is 19.1 Å². The molecule has 2 aromatic rings. The summed E-state index contributed by atoms with van der Waals surface area (Å²) >= 11 is 1.55. The Bertz CT molecular complexity index is 631. The zero-order valence-electron chi connectivity index (χ0n) is 11.7. The van der Waals surface area contributed by atoms with Crippen LogP contribution in [0.1, 0.15) is 52.5 Å². The van der Waals surface area contributed by atoms with E-state index in [0.29, 0.717) is 0 Å². The number of aromatic nitrogens is 3. The fraction of sp³-hybridized carbons (Fsp3) is 0.500. The lowest BCUT2D eigenvalue weighted by atomic mass is 10.3. The third-order valence-electron chi connectivity index (χ3n) is 3.61. The Morgan fingerprint density at radius 1 is 1.50 bits per heavy atom. The summed E-state index contributed by atoms with van der Waals surface area (Å²) < 4.78 is 2.12.